The number of hydrogen-bond donors (Lipinski definition) is 2. The van der Waals surface area contributed by atoms with Crippen LogP contribution in [0, 0.1) is 0 Å². The van der Waals surface area contributed by atoms with Gasteiger partial charge in [0, 0.05) is 25.5 Å². The fourth-order valence-electron chi connectivity index (χ4n) is 2.77. The Kier molecular flexibility index (Phi) is 4.48. The van der Waals surface area contributed by atoms with Gasteiger partial charge < -0.3 is 15.3 Å². The SMILES string of the molecule is CN(C)Cc1ccccc1CNc1ccc2nccn2c1C(=O)O. The van der Waals surface area contributed by atoms with Gasteiger partial charge in [0.15, 0.2) is 5.69 Å². The van der Waals surface area contributed by atoms with Crippen LogP contribution >= 0.6 is 0 Å². The third kappa shape index (κ3) is 3.23. The van der Waals surface area contributed by atoms with Gasteiger partial charge in [0.05, 0.1) is 5.69 Å². The van der Waals surface area contributed by atoms with Gasteiger partial charge >= 0.3 is 5.97 Å². The lowest BCUT2D eigenvalue weighted by molar-refractivity contribution is 0.0690. The summed E-state index contributed by atoms with van der Waals surface area (Å²) in [4.78, 5) is 17.9. The van der Waals surface area contributed by atoms with Crippen LogP contribution < -0.4 is 5.32 Å². The average Bonchev–Trinajstić information content (AvgIpc) is 3.01. The van der Waals surface area contributed by atoms with E-state index in [4.69, 9.17) is 0 Å². The number of hydrogen-bond acceptors (Lipinski definition) is 4. The van der Waals surface area contributed by atoms with Crippen molar-refractivity contribution in [3.63, 3.8) is 0 Å². The minimum atomic E-state index is -0.984. The number of carbonyl (C=O) groups is 1. The summed E-state index contributed by atoms with van der Waals surface area (Å²) in [5.74, 6) is -0.984. The molecule has 0 aliphatic heterocycles. The van der Waals surface area contributed by atoms with Crippen LogP contribution in [-0.2, 0) is 13.1 Å². The number of nitrogens with zero attached hydrogens (tertiary/aromatic N) is 3. The molecule has 2 heterocycles. The van der Waals surface area contributed by atoms with E-state index in [-0.39, 0.29) is 5.69 Å². The highest BCUT2D eigenvalue weighted by Gasteiger charge is 2.15. The lowest BCUT2D eigenvalue weighted by atomic mass is 10.1. The van der Waals surface area contributed by atoms with E-state index in [2.05, 4.69) is 27.3 Å². The monoisotopic (exact) mass is 324 g/mol. The predicted molar refractivity (Wildman–Crippen MR) is 93.3 cm³/mol. The fourth-order valence-corrected chi connectivity index (χ4v) is 2.77. The van der Waals surface area contributed by atoms with Crippen molar-refractivity contribution in [3.05, 3.63) is 65.6 Å². The first kappa shape index (κ1) is 16.0. The maximum Gasteiger partial charge on any atom is 0.355 e. The van der Waals surface area contributed by atoms with Crippen LogP contribution in [0.15, 0.2) is 48.8 Å². The molecule has 124 valence electrons. The van der Waals surface area contributed by atoms with Crippen LogP contribution in [0.1, 0.15) is 21.6 Å². The van der Waals surface area contributed by atoms with Crippen molar-refractivity contribution < 1.29 is 9.90 Å². The summed E-state index contributed by atoms with van der Waals surface area (Å²) in [7, 11) is 4.05. The molecule has 24 heavy (non-hydrogen) atoms. The molecular formula is C18H20N4O2. The Morgan fingerprint density at radius 2 is 1.96 bits per heavy atom. The van der Waals surface area contributed by atoms with Crippen molar-refractivity contribution in [1.82, 2.24) is 14.3 Å². The Morgan fingerprint density at radius 1 is 1.21 bits per heavy atom. The smallest absolute Gasteiger partial charge is 0.355 e. The van der Waals surface area contributed by atoms with Gasteiger partial charge in [-0.1, -0.05) is 24.3 Å². The normalized spacial score (nSPS) is 11.1. The van der Waals surface area contributed by atoms with Crippen molar-refractivity contribution in [2.24, 2.45) is 0 Å². The summed E-state index contributed by atoms with van der Waals surface area (Å²) in [5.41, 5.74) is 3.75. The predicted octanol–water partition coefficient (Wildman–Crippen LogP) is 2.71. The number of benzene rings is 1. The second-order valence-corrected chi connectivity index (χ2v) is 5.92. The molecule has 3 rings (SSSR count). The Morgan fingerprint density at radius 3 is 2.67 bits per heavy atom. The Balaban J connectivity index is 1.89. The van der Waals surface area contributed by atoms with Gasteiger partial charge in [-0.2, -0.15) is 0 Å². The highest BCUT2D eigenvalue weighted by molar-refractivity contribution is 5.93. The fraction of sp³-hybridized carbons (Fsp3) is 0.222. The second-order valence-electron chi connectivity index (χ2n) is 5.92. The summed E-state index contributed by atoms with van der Waals surface area (Å²) in [6, 6.07) is 11.7. The molecule has 0 unspecified atom stereocenters. The molecule has 0 aliphatic carbocycles. The molecule has 0 radical (unpaired) electrons. The molecule has 0 saturated carbocycles. The van der Waals surface area contributed by atoms with Crippen molar-refractivity contribution >= 4 is 17.3 Å². The van der Waals surface area contributed by atoms with Gasteiger partial charge in [0.25, 0.3) is 0 Å². The summed E-state index contributed by atoms with van der Waals surface area (Å²) in [6.45, 7) is 1.40. The molecule has 0 atom stereocenters. The topological polar surface area (TPSA) is 69.9 Å². The number of pyridine rings is 1. The lowest BCUT2D eigenvalue weighted by Gasteiger charge is -2.16. The van der Waals surface area contributed by atoms with E-state index in [1.165, 1.54) is 5.56 Å². The molecule has 2 aromatic heterocycles. The van der Waals surface area contributed by atoms with E-state index in [9.17, 15) is 9.90 Å². The van der Waals surface area contributed by atoms with Crippen LogP contribution in [0.25, 0.3) is 5.65 Å². The molecule has 0 aliphatic rings. The van der Waals surface area contributed by atoms with Crippen LogP contribution in [0.3, 0.4) is 0 Å². The number of rotatable bonds is 6. The summed E-state index contributed by atoms with van der Waals surface area (Å²) >= 11 is 0. The number of aromatic nitrogens is 2. The van der Waals surface area contributed by atoms with Crippen LogP contribution in [-0.4, -0.2) is 39.5 Å². The van der Waals surface area contributed by atoms with E-state index in [1.807, 2.05) is 26.2 Å². The van der Waals surface area contributed by atoms with Crippen molar-refractivity contribution in [2.45, 2.75) is 13.1 Å². The van der Waals surface area contributed by atoms with E-state index in [1.54, 1.807) is 28.9 Å². The number of anilines is 1. The quantitative estimate of drug-likeness (QED) is 0.729. The highest BCUT2D eigenvalue weighted by atomic mass is 16.4. The zero-order chi connectivity index (χ0) is 17.1. The molecule has 6 heteroatoms. The second kappa shape index (κ2) is 6.72. The Bertz CT molecular complexity index is 870. The van der Waals surface area contributed by atoms with Gasteiger partial charge in [-0.05, 0) is 37.4 Å². The molecule has 6 nitrogen and oxygen atoms in total. The summed E-state index contributed by atoms with van der Waals surface area (Å²) < 4.78 is 1.58. The standard InChI is InChI=1S/C18H20N4O2/c1-21(2)12-14-6-4-3-5-13(14)11-20-15-7-8-16-19-9-10-22(16)17(15)18(23)24/h3-10,20H,11-12H2,1-2H3,(H,23,24). The molecule has 0 fully saturated rings. The number of carboxylic acid groups (broad SMARTS) is 1. The van der Waals surface area contributed by atoms with Crippen LogP contribution in [0.2, 0.25) is 0 Å². The first-order valence-electron chi connectivity index (χ1n) is 7.71. The third-order valence-electron chi connectivity index (χ3n) is 3.84. The number of carboxylic acids is 1. The van der Waals surface area contributed by atoms with Gasteiger partial charge in [-0.25, -0.2) is 9.78 Å². The minimum Gasteiger partial charge on any atom is -0.476 e. The van der Waals surface area contributed by atoms with Gasteiger partial charge in [-0.3, -0.25) is 4.40 Å². The Labute approximate surface area is 140 Å². The van der Waals surface area contributed by atoms with Crippen molar-refractivity contribution in [3.8, 4) is 0 Å². The minimum absolute atomic E-state index is 0.190. The molecule has 2 N–H and O–H groups in total. The maximum atomic E-state index is 11.7. The molecular weight excluding hydrogens is 304 g/mol. The van der Waals surface area contributed by atoms with Crippen molar-refractivity contribution in [1.29, 1.82) is 0 Å². The van der Waals surface area contributed by atoms with Gasteiger partial charge in [-0.15, -0.1) is 0 Å². The number of aromatic carboxylic acids is 1. The first-order valence-corrected chi connectivity index (χ1v) is 7.71. The zero-order valence-corrected chi connectivity index (χ0v) is 13.7. The van der Waals surface area contributed by atoms with E-state index < -0.39 is 5.97 Å². The van der Waals surface area contributed by atoms with Crippen LogP contribution in [0.4, 0.5) is 5.69 Å². The number of fused-ring (bicyclic) bond motifs is 1. The van der Waals surface area contributed by atoms with Gasteiger partial charge in [0.2, 0.25) is 0 Å². The van der Waals surface area contributed by atoms with Gasteiger partial charge in [0.1, 0.15) is 5.65 Å². The molecule has 0 spiro atoms. The zero-order valence-electron chi connectivity index (χ0n) is 13.7. The number of imidazole rings is 1. The van der Waals surface area contributed by atoms with Crippen LogP contribution in [0.5, 0.6) is 0 Å². The maximum absolute atomic E-state index is 11.7. The van der Waals surface area contributed by atoms with Crippen molar-refractivity contribution in [2.75, 3.05) is 19.4 Å². The van der Waals surface area contributed by atoms with E-state index in [0.29, 0.717) is 17.9 Å². The number of nitrogens with one attached hydrogen (secondary N) is 1. The first-order chi connectivity index (χ1) is 11.6. The third-order valence-corrected chi connectivity index (χ3v) is 3.84. The largest absolute Gasteiger partial charge is 0.476 e. The molecule has 3 aromatic rings. The van der Waals surface area contributed by atoms with E-state index >= 15 is 0 Å². The highest BCUT2D eigenvalue weighted by Crippen LogP contribution is 2.20. The molecule has 0 bridgehead atoms. The molecule has 0 amide bonds. The molecule has 0 saturated heterocycles. The average molecular weight is 324 g/mol. The van der Waals surface area contributed by atoms with E-state index in [0.717, 1.165) is 12.1 Å². The lowest BCUT2D eigenvalue weighted by Crippen LogP contribution is -2.15. The Hall–Kier alpha value is -2.86. The summed E-state index contributed by atoms with van der Waals surface area (Å²) in [5, 5.41) is 12.8. The molecule has 1 aromatic carbocycles. The summed E-state index contributed by atoms with van der Waals surface area (Å²) in [6.07, 6.45) is 3.25.